The molecule has 4 heteroatoms. The van der Waals surface area contributed by atoms with Gasteiger partial charge in [-0.1, -0.05) is 140 Å². The van der Waals surface area contributed by atoms with E-state index in [1.807, 2.05) is 12.3 Å². The Morgan fingerprint density at radius 1 is 0.529 bits per heavy atom. The molecule has 7 aromatic carbocycles. The summed E-state index contributed by atoms with van der Waals surface area (Å²) in [5, 5.41) is 9.16. The molecule has 0 amide bonds. The number of para-hydroxylation sites is 1. The summed E-state index contributed by atoms with van der Waals surface area (Å²) in [5.41, 5.74) is 9.74. The van der Waals surface area contributed by atoms with Crippen LogP contribution in [0.4, 0.5) is 0 Å². The average Bonchev–Trinajstić information content (AvgIpc) is 3.71. The van der Waals surface area contributed by atoms with Crippen molar-refractivity contribution >= 4 is 77.3 Å². The van der Waals surface area contributed by atoms with Crippen molar-refractivity contribution in [2.75, 3.05) is 0 Å². The van der Waals surface area contributed by atoms with Crippen LogP contribution in [0.2, 0.25) is 0 Å². The molecule has 3 heterocycles. The van der Waals surface area contributed by atoms with Gasteiger partial charge >= 0.3 is 0 Å². The van der Waals surface area contributed by atoms with Crippen molar-refractivity contribution in [2.24, 2.45) is 0 Å². The number of nitrogens with zero attached hydrogens (tertiary/aromatic N) is 4. The van der Waals surface area contributed by atoms with Crippen molar-refractivity contribution in [3.63, 3.8) is 0 Å². The van der Waals surface area contributed by atoms with E-state index in [9.17, 15) is 0 Å². The van der Waals surface area contributed by atoms with Gasteiger partial charge in [0.05, 0.1) is 27.8 Å². The number of fused-ring (bicyclic) bond motifs is 11. The van der Waals surface area contributed by atoms with Crippen LogP contribution in [0.25, 0.3) is 100 Å². The number of hydrogen-bond acceptors (Lipinski definition) is 2. The third-order valence-electron chi connectivity index (χ3n) is 10.3. The first-order valence-electron chi connectivity index (χ1n) is 17.3. The van der Waals surface area contributed by atoms with E-state index in [4.69, 9.17) is 9.97 Å². The van der Waals surface area contributed by atoms with Crippen LogP contribution in [-0.4, -0.2) is 19.1 Å². The quantitative estimate of drug-likeness (QED) is 0.173. The maximum Gasteiger partial charge on any atom is 0.235 e. The fraction of sp³-hybridized carbons (Fsp3) is 0.0213. The lowest BCUT2D eigenvalue weighted by Gasteiger charge is -2.14. The van der Waals surface area contributed by atoms with Crippen molar-refractivity contribution in [2.45, 2.75) is 6.92 Å². The molecular weight excluding hydrogens is 621 g/mol. The molecule has 0 spiro atoms. The Kier molecular flexibility index (Phi) is 6.52. The molecule has 10 rings (SSSR count). The lowest BCUT2D eigenvalue weighted by Crippen LogP contribution is -2.05. The topological polar surface area (TPSA) is 35.6 Å². The van der Waals surface area contributed by atoms with Gasteiger partial charge in [-0.15, -0.1) is 0 Å². The molecule has 10 aromatic rings. The van der Waals surface area contributed by atoms with Gasteiger partial charge in [0, 0.05) is 44.4 Å². The molecule has 0 fully saturated rings. The van der Waals surface area contributed by atoms with Crippen molar-refractivity contribution < 1.29 is 0 Å². The second kappa shape index (κ2) is 11.4. The van der Waals surface area contributed by atoms with Crippen LogP contribution in [-0.2, 0) is 0 Å². The monoisotopic (exact) mass is 652 g/mol. The van der Waals surface area contributed by atoms with Gasteiger partial charge in [0.2, 0.25) is 5.95 Å². The van der Waals surface area contributed by atoms with Crippen LogP contribution in [0.5, 0.6) is 0 Å². The van der Waals surface area contributed by atoms with Crippen molar-refractivity contribution in [3.8, 4) is 22.8 Å². The molecule has 0 saturated heterocycles. The summed E-state index contributed by atoms with van der Waals surface area (Å²) in [7, 11) is 0. The molecule has 51 heavy (non-hydrogen) atoms. The Morgan fingerprint density at radius 3 is 1.84 bits per heavy atom. The Labute approximate surface area is 294 Å². The first kappa shape index (κ1) is 29.2. The number of rotatable bonds is 5. The van der Waals surface area contributed by atoms with Crippen LogP contribution in [0.3, 0.4) is 0 Å². The third-order valence-corrected chi connectivity index (χ3v) is 10.3. The molecular formula is C47H32N4. The fourth-order valence-corrected chi connectivity index (χ4v) is 8.08. The largest absolute Gasteiger partial charge is 0.307 e. The van der Waals surface area contributed by atoms with Crippen LogP contribution in [0.15, 0.2) is 158 Å². The van der Waals surface area contributed by atoms with Gasteiger partial charge in [0.1, 0.15) is 0 Å². The van der Waals surface area contributed by atoms with Gasteiger partial charge in [-0.25, -0.2) is 9.97 Å². The Hall–Kier alpha value is -6.78. The fourth-order valence-electron chi connectivity index (χ4n) is 8.08. The van der Waals surface area contributed by atoms with Gasteiger partial charge in [0.15, 0.2) is 0 Å². The van der Waals surface area contributed by atoms with Gasteiger partial charge < -0.3 is 4.57 Å². The Morgan fingerprint density at radius 2 is 1.12 bits per heavy atom. The smallest absolute Gasteiger partial charge is 0.235 e. The summed E-state index contributed by atoms with van der Waals surface area (Å²) in [4.78, 5) is 10.6. The standard InChI is InChI=1S/C47H32N4/c1-3-14-36-39-27-28-40-37-20-12-13-22-43(37)50(32-25-23-31(24-26-32)30-15-6-5-7-16-30)45(40)46(39)51(42(36)4-2)47-48-29-41-35-19-9-8-17-33(35)34-18-10-11-21-38(34)44(41)49-47/h3-29H,2H2,1H3/b14-3-. The van der Waals surface area contributed by atoms with E-state index in [-0.39, 0.29) is 0 Å². The highest BCUT2D eigenvalue weighted by Gasteiger charge is 2.24. The zero-order chi connectivity index (χ0) is 34.1. The lowest BCUT2D eigenvalue weighted by atomic mass is 9.98. The lowest BCUT2D eigenvalue weighted by molar-refractivity contribution is 0.972. The third kappa shape index (κ3) is 4.26. The summed E-state index contributed by atoms with van der Waals surface area (Å²) >= 11 is 0. The second-order valence-electron chi connectivity index (χ2n) is 13.0. The maximum atomic E-state index is 5.43. The van der Waals surface area contributed by atoms with Gasteiger partial charge in [-0.3, -0.25) is 4.57 Å². The first-order valence-corrected chi connectivity index (χ1v) is 17.3. The summed E-state index contributed by atoms with van der Waals surface area (Å²) in [5.74, 6) is 0.613. The first-order chi connectivity index (χ1) is 25.2. The van der Waals surface area contributed by atoms with E-state index in [0.29, 0.717) is 5.95 Å². The van der Waals surface area contributed by atoms with Gasteiger partial charge in [-0.2, -0.15) is 0 Å². The molecule has 0 aliphatic heterocycles. The molecule has 4 nitrogen and oxygen atoms in total. The summed E-state index contributed by atoms with van der Waals surface area (Å²) in [6, 6.07) is 49.7. The van der Waals surface area contributed by atoms with Gasteiger partial charge in [-0.05, 0) is 58.5 Å². The molecule has 0 saturated carbocycles. The molecule has 0 unspecified atom stereocenters. The minimum absolute atomic E-state index is 0.613. The molecule has 0 radical (unpaired) electrons. The molecule has 3 aromatic heterocycles. The Balaban J connectivity index is 1.34. The predicted molar refractivity (Wildman–Crippen MR) is 216 cm³/mol. The predicted octanol–water partition coefficient (Wildman–Crippen LogP) is 12.3. The zero-order valence-electron chi connectivity index (χ0n) is 28.1. The average molecular weight is 653 g/mol. The summed E-state index contributed by atoms with van der Waals surface area (Å²) in [6.45, 7) is 6.39. The minimum atomic E-state index is 0.613. The highest BCUT2D eigenvalue weighted by atomic mass is 15.2. The van der Waals surface area contributed by atoms with E-state index in [1.165, 1.54) is 32.7 Å². The molecule has 0 N–H and O–H groups in total. The van der Waals surface area contributed by atoms with E-state index in [0.717, 1.165) is 60.6 Å². The highest BCUT2D eigenvalue weighted by molar-refractivity contribution is 6.24. The van der Waals surface area contributed by atoms with E-state index in [2.05, 4.69) is 174 Å². The van der Waals surface area contributed by atoms with Crippen LogP contribution in [0.1, 0.15) is 18.2 Å². The zero-order valence-corrected chi connectivity index (χ0v) is 28.1. The summed E-state index contributed by atoms with van der Waals surface area (Å²) in [6.07, 6.45) is 8.20. The minimum Gasteiger partial charge on any atom is -0.307 e. The van der Waals surface area contributed by atoms with Crippen molar-refractivity contribution in [3.05, 3.63) is 170 Å². The Bertz CT molecular complexity index is 3000. The van der Waals surface area contributed by atoms with Crippen molar-refractivity contribution in [1.29, 1.82) is 0 Å². The van der Waals surface area contributed by atoms with E-state index >= 15 is 0 Å². The molecule has 0 atom stereocenters. The van der Waals surface area contributed by atoms with Crippen molar-refractivity contribution in [1.82, 2.24) is 19.1 Å². The van der Waals surface area contributed by atoms with Gasteiger partial charge in [0.25, 0.3) is 0 Å². The molecule has 0 aliphatic carbocycles. The SMILES string of the molecule is C=Cc1c(/C=C\C)c2ccc3c4ccccc4n(-c4ccc(-c5ccccc5)cc4)c3c2n1-c1ncc2c3ccccc3c3ccccc3c2n1. The van der Waals surface area contributed by atoms with Crippen LogP contribution < -0.4 is 0 Å². The maximum absolute atomic E-state index is 5.43. The summed E-state index contributed by atoms with van der Waals surface area (Å²) < 4.78 is 4.62. The highest BCUT2D eigenvalue weighted by Crippen LogP contribution is 2.42. The van der Waals surface area contributed by atoms with Crippen LogP contribution in [0, 0.1) is 0 Å². The molecule has 240 valence electrons. The normalized spacial score (nSPS) is 12.0. The second-order valence-corrected chi connectivity index (χ2v) is 13.0. The van der Waals surface area contributed by atoms with E-state index < -0.39 is 0 Å². The number of aromatic nitrogens is 4. The molecule has 0 aliphatic rings. The number of hydrogen-bond donors (Lipinski definition) is 0. The van der Waals surface area contributed by atoms with Crippen LogP contribution >= 0.6 is 0 Å². The number of allylic oxidation sites excluding steroid dienone is 1. The molecule has 0 bridgehead atoms. The number of benzene rings is 7. The van der Waals surface area contributed by atoms with E-state index in [1.54, 1.807) is 0 Å².